The van der Waals surface area contributed by atoms with E-state index in [4.69, 9.17) is 4.42 Å². The monoisotopic (exact) mass is 341 g/mol. The highest BCUT2D eigenvalue weighted by Crippen LogP contribution is 2.22. The van der Waals surface area contributed by atoms with Crippen molar-refractivity contribution < 1.29 is 14.3 Å². The van der Waals surface area contributed by atoms with Crippen molar-refractivity contribution in [3.05, 3.63) is 54.6 Å². The summed E-state index contributed by atoms with van der Waals surface area (Å²) >= 11 is 0. The number of hydrogen-bond donors (Lipinski definition) is 3. The molecule has 0 saturated carbocycles. The first-order valence-electron chi connectivity index (χ1n) is 8.40. The van der Waals surface area contributed by atoms with Crippen LogP contribution in [0.15, 0.2) is 53.3 Å². The number of furan rings is 1. The first kappa shape index (κ1) is 17.1. The maximum absolute atomic E-state index is 12.1. The number of urea groups is 1. The van der Waals surface area contributed by atoms with E-state index in [0.29, 0.717) is 11.4 Å². The number of carbonyl (C=O) groups is 1. The van der Waals surface area contributed by atoms with E-state index in [1.807, 2.05) is 18.2 Å². The van der Waals surface area contributed by atoms with Gasteiger partial charge in [0, 0.05) is 18.4 Å². The van der Waals surface area contributed by atoms with Crippen molar-refractivity contribution in [3.8, 4) is 0 Å². The molecule has 0 saturated heterocycles. The zero-order valence-electron chi connectivity index (χ0n) is 14.5. The second kappa shape index (κ2) is 7.03. The molecule has 2 amide bonds. The summed E-state index contributed by atoms with van der Waals surface area (Å²) in [5, 5.41) is 17.0. The van der Waals surface area contributed by atoms with Crippen LogP contribution in [0.25, 0.3) is 10.9 Å². The molecule has 0 aliphatic heterocycles. The fourth-order valence-corrected chi connectivity index (χ4v) is 2.80. The molecule has 3 rings (SSSR count). The van der Waals surface area contributed by atoms with Gasteiger partial charge >= 0.3 is 6.03 Å². The molecule has 0 aliphatic rings. The predicted molar refractivity (Wildman–Crippen MR) is 97.5 cm³/mol. The lowest BCUT2D eigenvalue weighted by Gasteiger charge is -2.21. The molecule has 132 valence electrons. The van der Waals surface area contributed by atoms with Gasteiger partial charge in [0.05, 0.1) is 18.3 Å². The van der Waals surface area contributed by atoms with Gasteiger partial charge in [-0.25, -0.2) is 4.79 Å². The lowest BCUT2D eigenvalue weighted by molar-refractivity contribution is 0.0372. The summed E-state index contributed by atoms with van der Waals surface area (Å²) in [7, 11) is 0. The number of aryl methyl sites for hydroxylation is 1. The van der Waals surface area contributed by atoms with Crippen molar-refractivity contribution in [3.63, 3.8) is 0 Å². The summed E-state index contributed by atoms with van der Waals surface area (Å²) in [4.78, 5) is 12.1. The van der Waals surface area contributed by atoms with Crippen LogP contribution in [0.2, 0.25) is 0 Å². The highest BCUT2D eigenvalue weighted by atomic mass is 16.4. The third-order valence-corrected chi connectivity index (χ3v) is 4.14. The minimum absolute atomic E-state index is 0.0425. The van der Waals surface area contributed by atoms with E-state index in [9.17, 15) is 9.90 Å². The van der Waals surface area contributed by atoms with E-state index >= 15 is 0 Å². The number of amides is 2. The van der Waals surface area contributed by atoms with E-state index < -0.39 is 5.60 Å². The molecule has 2 aromatic heterocycles. The van der Waals surface area contributed by atoms with Crippen molar-refractivity contribution in [1.82, 2.24) is 9.88 Å². The maximum atomic E-state index is 12.1. The number of nitrogens with one attached hydrogen (secondary N) is 2. The minimum atomic E-state index is -1.26. The molecule has 3 N–H and O–H groups in total. The Morgan fingerprint density at radius 2 is 2.16 bits per heavy atom. The number of aliphatic hydroxyl groups is 1. The van der Waals surface area contributed by atoms with Crippen LogP contribution >= 0.6 is 0 Å². The molecule has 1 atom stereocenters. The Hall–Kier alpha value is -2.73. The van der Waals surface area contributed by atoms with Crippen molar-refractivity contribution >= 4 is 22.6 Å². The molecule has 6 heteroatoms. The Morgan fingerprint density at radius 1 is 1.32 bits per heavy atom. The maximum Gasteiger partial charge on any atom is 0.319 e. The van der Waals surface area contributed by atoms with Crippen LogP contribution in [-0.2, 0) is 12.1 Å². The van der Waals surface area contributed by atoms with Gasteiger partial charge in [0.25, 0.3) is 0 Å². The second-order valence-corrected chi connectivity index (χ2v) is 6.34. The topological polar surface area (TPSA) is 79.4 Å². The normalized spacial score (nSPS) is 13.6. The summed E-state index contributed by atoms with van der Waals surface area (Å²) < 4.78 is 7.37. The smallest absolute Gasteiger partial charge is 0.319 e. The van der Waals surface area contributed by atoms with Gasteiger partial charge in [-0.3, -0.25) is 0 Å². The van der Waals surface area contributed by atoms with Gasteiger partial charge in [-0.2, -0.15) is 0 Å². The summed E-state index contributed by atoms with van der Waals surface area (Å²) in [6, 6.07) is 10.9. The molecule has 3 aromatic rings. The standard InChI is InChI=1S/C19H23N3O3/c1-3-9-22-10-8-14-6-7-15(12-16(14)22)21-18(23)20-13-19(2,24)17-5-4-11-25-17/h4-8,10-12,24H,3,9,13H2,1-2H3,(H2,20,21,23). The number of nitrogens with zero attached hydrogens (tertiary/aromatic N) is 1. The Bertz CT molecular complexity index is 850. The number of hydrogen-bond acceptors (Lipinski definition) is 3. The first-order chi connectivity index (χ1) is 12.0. The Morgan fingerprint density at radius 3 is 2.88 bits per heavy atom. The Labute approximate surface area is 146 Å². The Balaban J connectivity index is 1.64. The zero-order valence-corrected chi connectivity index (χ0v) is 14.5. The van der Waals surface area contributed by atoms with Crippen molar-refractivity contribution in [1.29, 1.82) is 0 Å². The van der Waals surface area contributed by atoms with Crippen molar-refractivity contribution in [2.45, 2.75) is 32.4 Å². The highest BCUT2D eigenvalue weighted by molar-refractivity contribution is 5.92. The van der Waals surface area contributed by atoms with Gasteiger partial charge in [-0.1, -0.05) is 13.0 Å². The number of carbonyl (C=O) groups excluding carboxylic acids is 1. The van der Waals surface area contributed by atoms with Crippen LogP contribution in [-0.4, -0.2) is 22.2 Å². The molecule has 25 heavy (non-hydrogen) atoms. The average Bonchev–Trinajstić information content (AvgIpc) is 3.24. The lowest BCUT2D eigenvalue weighted by atomic mass is 10.0. The van der Waals surface area contributed by atoms with Crippen LogP contribution in [0, 0.1) is 0 Å². The number of aromatic nitrogens is 1. The van der Waals surface area contributed by atoms with Crippen LogP contribution < -0.4 is 10.6 Å². The molecule has 0 fully saturated rings. The van der Waals surface area contributed by atoms with E-state index in [0.717, 1.165) is 23.9 Å². The third-order valence-electron chi connectivity index (χ3n) is 4.14. The van der Waals surface area contributed by atoms with E-state index in [-0.39, 0.29) is 12.6 Å². The lowest BCUT2D eigenvalue weighted by Crippen LogP contribution is -2.40. The molecule has 0 spiro atoms. The summed E-state index contributed by atoms with van der Waals surface area (Å²) in [5.74, 6) is 0.409. The first-order valence-corrected chi connectivity index (χ1v) is 8.40. The van der Waals surface area contributed by atoms with Crippen LogP contribution in [0.3, 0.4) is 0 Å². The van der Waals surface area contributed by atoms with Crippen LogP contribution in [0.5, 0.6) is 0 Å². The summed E-state index contributed by atoms with van der Waals surface area (Å²) in [6.07, 6.45) is 4.59. The largest absolute Gasteiger partial charge is 0.466 e. The van der Waals surface area contributed by atoms with Crippen molar-refractivity contribution in [2.75, 3.05) is 11.9 Å². The van der Waals surface area contributed by atoms with Gasteiger partial charge in [0.2, 0.25) is 0 Å². The molecule has 0 bridgehead atoms. The van der Waals surface area contributed by atoms with Crippen molar-refractivity contribution in [2.24, 2.45) is 0 Å². The minimum Gasteiger partial charge on any atom is -0.466 e. The van der Waals surface area contributed by atoms with E-state index in [1.165, 1.54) is 6.26 Å². The van der Waals surface area contributed by atoms with Gasteiger partial charge in [0.1, 0.15) is 11.4 Å². The molecule has 1 aromatic carbocycles. The molecule has 0 aliphatic carbocycles. The number of fused-ring (bicyclic) bond motifs is 1. The van der Waals surface area contributed by atoms with Crippen LogP contribution in [0.4, 0.5) is 10.5 Å². The molecular weight excluding hydrogens is 318 g/mol. The van der Waals surface area contributed by atoms with E-state index in [1.54, 1.807) is 19.1 Å². The van der Waals surface area contributed by atoms with Gasteiger partial charge in [0.15, 0.2) is 0 Å². The van der Waals surface area contributed by atoms with Gasteiger partial charge in [-0.15, -0.1) is 0 Å². The summed E-state index contributed by atoms with van der Waals surface area (Å²) in [6.45, 7) is 4.70. The fraction of sp³-hybridized carbons (Fsp3) is 0.316. The third kappa shape index (κ3) is 3.85. The molecule has 6 nitrogen and oxygen atoms in total. The summed E-state index contributed by atoms with van der Waals surface area (Å²) in [5.41, 5.74) is 0.529. The average molecular weight is 341 g/mol. The molecule has 1 unspecified atom stereocenters. The van der Waals surface area contributed by atoms with E-state index in [2.05, 4.69) is 34.4 Å². The Kier molecular flexibility index (Phi) is 4.81. The van der Waals surface area contributed by atoms with Gasteiger partial charge < -0.3 is 24.7 Å². The molecule has 2 heterocycles. The SMILES string of the molecule is CCCn1ccc2ccc(NC(=O)NCC(C)(O)c3ccco3)cc21. The molecular formula is C19H23N3O3. The predicted octanol–water partition coefficient (Wildman–Crippen LogP) is 3.67. The number of anilines is 1. The second-order valence-electron chi connectivity index (χ2n) is 6.34. The molecule has 0 radical (unpaired) electrons. The van der Waals surface area contributed by atoms with Gasteiger partial charge in [-0.05, 0) is 49.1 Å². The quantitative estimate of drug-likeness (QED) is 0.640. The highest BCUT2D eigenvalue weighted by Gasteiger charge is 2.26. The number of rotatable bonds is 6. The fourth-order valence-electron chi connectivity index (χ4n) is 2.80. The number of benzene rings is 1. The zero-order chi connectivity index (χ0) is 17.9. The van der Waals surface area contributed by atoms with Crippen LogP contribution in [0.1, 0.15) is 26.0 Å².